The van der Waals surface area contributed by atoms with Gasteiger partial charge in [-0.25, -0.2) is 4.98 Å². The highest BCUT2D eigenvalue weighted by Crippen LogP contribution is 2.17. The van der Waals surface area contributed by atoms with E-state index in [-0.39, 0.29) is 17.4 Å². The van der Waals surface area contributed by atoms with Crippen molar-refractivity contribution in [3.63, 3.8) is 0 Å². The monoisotopic (exact) mass is 226 g/mol. The predicted octanol–water partition coefficient (Wildman–Crippen LogP) is 0.174. The van der Waals surface area contributed by atoms with E-state index >= 15 is 0 Å². The molecule has 1 aromatic rings. The van der Waals surface area contributed by atoms with Crippen LogP contribution in [-0.2, 0) is 0 Å². The first-order chi connectivity index (χ1) is 7.60. The average Bonchev–Trinajstić information content (AvgIpc) is 2.25. The van der Waals surface area contributed by atoms with Gasteiger partial charge in [-0.15, -0.1) is 0 Å². The summed E-state index contributed by atoms with van der Waals surface area (Å²) in [6.45, 7) is 4.56. The van der Waals surface area contributed by atoms with Gasteiger partial charge in [0.05, 0.1) is 13.4 Å². The van der Waals surface area contributed by atoms with E-state index in [1.165, 1.54) is 13.4 Å². The summed E-state index contributed by atoms with van der Waals surface area (Å²) >= 11 is 0. The summed E-state index contributed by atoms with van der Waals surface area (Å²) in [6.07, 6.45) is 1.33. The molecule has 0 fully saturated rings. The molecule has 1 unspecified atom stereocenters. The van der Waals surface area contributed by atoms with Crippen molar-refractivity contribution >= 4 is 5.82 Å². The average molecular weight is 226 g/mol. The van der Waals surface area contributed by atoms with Gasteiger partial charge in [0.25, 0.3) is 5.56 Å². The normalized spacial score (nSPS) is 12.6. The van der Waals surface area contributed by atoms with Crippen LogP contribution in [-0.4, -0.2) is 29.7 Å². The van der Waals surface area contributed by atoms with Gasteiger partial charge in [-0.05, 0) is 5.92 Å². The lowest BCUT2D eigenvalue weighted by Gasteiger charge is -2.21. The van der Waals surface area contributed by atoms with Crippen molar-refractivity contribution in [1.82, 2.24) is 9.97 Å². The Kier molecular flexibility index (Phi) is 4.30. The van der Waals surface area contributed by atoms with Crippen molar-refractivity contribution in [3.05, 3.63) is 16.7 Å². The molecule has 0 radical (unpaired) electrons. The van der Waals surface area contributed by atoms with Crippen LogP contribution in [0.25, 0.3) is 0 Å². The van der Waals surface area contributed by atoms with Gasteiger partial charge >= 0.3 is 0 Å². The second-order valence-electron chi connectivity index (χ2n) is 3.84. The molecule has 4 N–H and O–H groups in total. The van der Waals surface area contributed by atoms with E-state index in [4.69, 9.17) is 10.5 Å². The third-order valence-electron chi connectivity index (χ3n) is 2.40. The number of aromatic nitrogens is 2. The van der Waals surface area contributed by atoms with Crippen molar-refractivity contribution in [3.8, 4) is 5.75 Å². The maximum absolute atomic E-state index is 11.4. The van der Waals surface area contributed by atoms with Crippen LogP contribution in [0.2, 0.25) is 0 Å². The Hall–Kier alpha value is -1.56. The van der Waals surface area contributed by atoms with Gasteiger partial charge in [0, 0.05) is 12.6 Å². The zero-order chi connectivity index (χ0) is 12.1. The van der Waals surface area contributed by atoms with Gasteiger partial charge in [0.2, 0.25) is 5.75 Å². The zero-order valence-corrected chi connectivity index (χ0v) is 9.78. The highest BCUT2D eigenvalue weighted by Gasteiger charge is 2.15. The molecule has 0 bridgehead atoms. The number of methoxy groups -OCH3 is 1. The highest BCUT2D eigenvalue weighted by atomic mass is 16.5. The number of ether oxygens (including phenoxy) is 1. The number of hydrogen-bond acceptors (Lipinski definition) is 5. The molecule has 6 nitrogen and oxygen atoms in total. The molecule has 0 spiro atoms. The molecule has 0 aliphatic rings. The van der Waals surface area contributed by atoms with Crippen LogP contribution in [0, 0.1) is 5.92 Å². The SMILES string of the molecule is COc1c(NC(CN)C(C)C)nc[nH]c1=O. The molecule has 0 saturated heterocycles. The maximum atomic E-state index is 11.4. The van der Waals surface area contributed by atoms with Crippen LogP contribution in [0.3, 0.4) is 0 Å². The van der Waals surface area contributed by atoms with Crippen LogP contribution in [0.4, 0.5) is 5.82 Å². The van der Waals surface area contributed by atoms with Crippen LogP contribution in [0.5, 0.6) is 5.75 Å². The van der Waals surface area contributed by atoms with E-state index in [0.29, 0.717) is 18.3 Å². The molecule has 0 amide bonds. The third kappa shape index (κ3) is 2.73. The standard InChI is InChI=1S/C10H18N4O2/c1-6(2)7(4-11)14-9-8(16-3)10(15)13-5-12-9/h5-7H,4,11H2,1-3H3,(H2,12,13,14,15). The fourth-order valence-electron chi connectivity index (χ4n) is 1.35. The van der Waals surface area contributed by atoms with Gasteiger partial charge in [0.1, 0.15) is 0 Å². The molecule has 0 aliphatic carbocycles. The van der Waals surface area contributed by atoms with E-state index < -0.39 is 0 Å². The van der Waals surface area contributed by atoms with Gasteiger partial charge in [-0.1, -0.05) is 13.8 Å². The summed E-state index contributed by atoms with van der Waals surface area (Å²) < 4.78 is 4.99. The van der Waals surface area contributed by atoms with Crippen LogP contribution >= 0.6 is 0 Å². The minimum atomic E-state index is -0.306. The van der Waals surface area contributed by atoms with Crippen molar-refractivity contribution in [1.29, 1.82) is 0 Å². The fraction of sp³-hybridized carbons (Fsp3) is 0.600. The number of hydrogen-bond donors (Lipinski definition) is 3. The summed E-state index contributed by atoms with van der Waals surface area (Å²) in [6, 6.07) is 0.0585. The Balaban J connectivity index is 2.96. The quantitative estimate of drug-likeness (QED) is 0.665. The fourth-order valence-corrected chi connectivity index (χ4v) is 1.35. The molecule has 1 heterocycles. The molecule has 1 rings (SSSR count). The Morgan fingerprint density at radius 2 is 2.31 bits per heavy atom. The van der Waals surface area contributed by atoms with Crippen molar-refractivity contribution < 1.29 is 4.74 Å². The topological polar surface area (TPSA) is 93.0 Å². The summed E-state index contributed by atoms with van der Waals surface area (Å²) in [5.41, 5.74) is 5.33. The second-order valence-corrected chi connectivity index (χ2v) is 3.84. The van der Waals surface area contributed by atoms with Gasteiger partial charge in [-0.2, -0.15) is 0 Å². The van der Waals surface area contributed by atoms with E-state index in [0.717, 1.165) is 0 Å². The van der Waals surface area contributed by atoms with E-state index in [1.807, 2.05) is 13.8 Å². The lowest BCUT2D eigenvalue weighted by molar-refractivity contribution is 0.406. The molecule has 1 aromatic heterocycles. The molecule has 16 heavy (non-hydrogen) atoms. The van der Waals surface area contributed by atoms with E-state index in [2.05, 4.69) is 15.3 Å². The van der Waals surface area contributed by atoms with Crippen LogP contribution in [0.15, 0.2) is 11.1 Å². The molecule has 1 atom stereocenters. The lowest BCUT2D eigenvalue weighted by atomic mass is 10.1. The predicted molar refractivity (Wildman–Crippen MR) is 62.7 cm³/mol. The van der Waals surface area contributed by atoms with E-state index in [1.54, 1.807) is 0 Å². The van der Waals surface area contributed by atoms with E-state index in [9.17, 15) is 4.79 Å². The molecule has 0 aliphatic heterocycles. The molecule has 90 valence electrons. The summed E-state index contributed by atoms with van der Waals surface area (Å²) in [5.74, 6) is 0.952. The first kappa shape index (κ1) is 12.5. The van der Waals surface area contributed by atoms with Crippen molar-refractivity contribution in [2.45, 2.75) is 19.9 Å². The largest absolute Gasteiger partial charge is 0.489 e. The Morgan fingerprint density at radius 3 is 2.81 bits per heavy atom. The minimum Gasteiger partial charge on any atom is -0.489 e. The molecular weight excluding hydrogens is 208 g/mol. The number of nitrogens with zero attached hydrogens (tertiary/aromatic N) is 1. The first-order valence-electron chi connectivity index (χ1n) is 5.18. The van der Waals surface area contributed by atoms with Gasteiger partial charge in [0.15, 0.2) is 5.82 Å². The smallest absolute Gasteiger partial charge is 0.295 e. The van der Waals surface area contributed by atoms with Crippen LogP contribution < -0.4 is 21.3 Å². The maximum Gasteiger partial charge on any atom is 0.295 e. The van der Waals surface area contributed by atoms with Crippen LogP contribution in [0.1, 0.15) is 13.8 Å². The number of anilines is 1. The first-order valence-corrected chi connectivity index (χ1v) is 5.18. The summed E-state index contributed by atoms with van der Waals surface area (Å²) in [7, 11) is 1.43. The number of rotatable bonds is 5. The Bertz CT molecular complexity index is 389. The lowest BCUT2D eigenvalue weighted by Crippen LogP contribution is -2.34. The third-order valence-corrected chi connectivity index (χ3v) is 2.40. The summed E-state index contributed by atoms with van der Waals surface area (Å²) in [4.78, 5) is 17.9. The number of nitrogens with two attached hydrogens (primary N) is 1. The number of nitrogens with one attached hydrogen (secondary N) is 2. The number of aromatic amines is 1. The zero-order valence-electron chi connectivity index (χ0n) is 9.78. The Labute approximate surface area is 94.2 Å². The number of H-pyrrole nitrogens is 1. The van der Waals surface area contributed by atoms with Crippen molar-refractivity contribution in [2.24, 2.45) is 11.7 Å². The molecular formula is C10H18N4O2. The molecule has 0 saturated carbocycles. The molecule has 0 aromatic carbocycles. The Morgan fingerprint density at radius 1 is 1.62 bits per heavy atom. The van der Waals surface area contributed by atoms with Crippen molar-refractivity contribution in [2.75, 3.05) is 19.0 Å². The molecule has 6 heteroatoms. The summed E-state index contributed by atoms with van der Waals surface area (Å²) in [5, 5.41) is 3.11. The van der Waals surface area contributed by atoms with Gasteiger partial charge in [-0.3, -0.25) is 4.79 Å². The van der Waals surface area contributed by atoms with Gasteiger partial charge < -0.3 is 20.8 Å². The highest BCUT2D eigenvalue weighted by molar-refractivity contribution is 5.48. The second kappa shape index (κ2) is 5.50. The minimum absolute atomic E-state index is 0.0585.